The van der Waals surface area contributed by atoms with Crippen molar-refractivity contribution in [1.29, 1.82) is 0 Å². The lowest BCUT2D eigenvalue weighted by Gasteiger charge is -2.10. The van der Waals surface area contributed by atoms with E-state index in [2.05, 4.69) is 20.0 Å². The lowest BCUT2D eigenvalue weighted by Crippen LogP contribution is -2.24. The van der Waals surface area contributed by atoms with Crippen molar-refractivity contribution >= 4 is 27.0 Å². The highest BCUT2D eigenvalue weighted by Crippen LogP contribution is 2.19. The molecule has 0 saturated carbocycles. The van der Waals surface area contributed by atoms with Crippen LogP contribution in [-0.2, 0) is 16.6 Å². The molecular weight excluding hydrogens is 296 g/mol. The third-order valence-electron chi connectivity index (χ3n) is 2.52. The van der Waals surface area contributed by atoms with Crippen LogP contribution in [-0.4, -0.2) is 24.9 Å². The zero-order valence-corrected chi connectivity index (χ0v) is 12.9. The van der Waals surface area contributed by atoms with Crippen molar-refractivity contribution in [1.82, 2.24) is 14.7 Å². The van der Waals surface area contributed by atoms with E-state index in [1.165, 1.54) is 17.5 Å². The molecule has 0 aromatic carbocycles. The number of anilines is 1. The molecule has 20 heavy (non-hydrogen) atoms. The Hall–Kier alpha value is -1.51. The molecule has 0 atom stereocenters. The molecule has 108 valence electrons. The van der Waals surface area contributed by atoms with Gasteiger partial charge in [-0.3, -0.25) is 4.98 Å². The van der Waals surface area contributed by atoms with Gasteiger partial charge in [0, 0.05) is 30.0 Å². The second kappa shape index (κ2) is 6.29. The fourth-order valence-electron chi connectivity index (χ4n) is 1.65. The van der Waals surface area contributed by atoms with Gasteiger partial charge in [-0.05, 0) is 19.9 Å². The van der Waals surface area contributed by atoms with Gasteiger partial charge in [0.1, 0.15) is 9.90 Å². The van der Waals surface area contributed by atoms with Crippen LogP contribution in [0, 0.1) is 6.92 Å². The Morgan fingerprint density at radius 3 is 2.85 bits per heavy atom. The van der Waals surface area contributed by atoms with E-state index in [-0.39, 0.29) is 11.4 Å². The lowest BCUT2D eigenvalue weighted by molar-refractivity contribution is 0.581. The second-order valence-corrected chi connectivity index (χ2v) is 6.79. The molecule has 2 N–H and O–H groups in total. The molecule has 8 heteroatoms. The molecule has 0 aliphatic carbocycles. The van der Waals surface area contributed by atoms with E-state index in [1.54, 1.807) is 12.3 Å². The van der Waals surface area contributed by atoms with E-state index in [9.17, 15) is 8.42 Å². The molecule has 0 unspecified atom stereocenters. The fourth-order valence-corrected chi connectivity index (χ4v) is 3.56. The van der Waals surface area contributed by atoms with Crippen molar-refractivity contribution in [3.63, 3.8) is 0 Å². The zero-order valence-electron chi connectivity index (χ0n) is 11.3. The van der Waals surface area contributed by atoms with Crippen LogP contribution in [0.3, 0.4) is 0 Å². The summed E-state index contributed by atoms with van der Waals surface area (Å²) in [7, 11) is -3.61. The topological polar surface area (TPSA) is 84.0 Å². The monoisotopic (exact) mass is 312 g/mol. The van der Waals surface area contributed by atoms with E-state index in [4.69, 9.17) is 0 Å². The fraction of sp³-hybridized carbons (Fsp3) is 0.333. The Kier molecular flexibility index (Phi) is 4.69. The first-order chi connectivity index (χ1) is 9.53. The van der Waals surface area contributed by atoms with Crippen LogP contribution in [0.15, 0.2) is 28.7 Å². The van der Waals surface area contributed by atoms with Gasteiger partial charge in [-0.15, -0.1) is 11.3 Å². The molecule has 0 spiro atoms. The zero-order chi connectivity index (χ0) is 14.6. The Morgan fingerprint density at radius 2 is 2.20 bits per heavy atom. The summed E-state index contributed by atoms with van der Waals surface area (Å²) in [6.07, 6.45) is 2.90. The standard InChI is InChI=1S/C12H16N4O2S2/c1-3-14-10-4-5-13-6-11(10)20(17,18)15-7-12-16-9(2)8-19-12/h4-6,8,15H,3,7H2,1-2H3,(H,13,14). The van der Waals surface area contributed by atoms with Crippen molar-refractivity contribution in [2.45, 2.75) is 25.3 Å². The van der Waals surface area contributed by atoms with Crippen molar-refractivity contribution in [3.8, 4) is 0 Å². The van der Waals surface area contributed by atoms with Crippen molar-refractivity contribution in [3.05, 3.63) is 34.5 Å². The summed E-state index contributed by atoms with van der Waals surface area (Å²) in [5.74, 6) is 0. The second-order valence-electron chi connectivity index (χ2n) is 4.11. The first-order valence-electron chi connectivity index (χ1n) is 6.11. The van der Waals surface area contributed by atoms with E-state index in [0.29, 0.717) is 12.2 Å². The van der Waals surface area contributed by atoms with Gasteiger partial charge in [0.25, 0.3) is 0 Å². The van der Waals surface area contributed by atoms with Gasteiger partial charge in [-0.2, -0.15) is 0 Å². The molecule has 2 rings (SSSR count). The van der Waals surface area contributed by atoms with E-state index < -0.39 is 10.0 Å². The highest BCUT2D eigenvalue weighted by atomic mass is 32.2. The minimum Gasteiger partial charge on any atom is -0.384 e. The number of sulfonamides is 1. The Morgan fingerprint density at radius 1 is 1.40 bits per heavy atom. The highest BCUT2D eigenvalue weighted by Gasteiger charge is 2.18. The van der Waals surface area contributed by atoms with E-state index in [0.717, 1.165) is 10.7 Å². The van der Waals surface area contributed by atoms with Crippen LogP contribution >= 0.6 is 11.3 Å². The average Bonchev–Trinajstić information content (AvgIpc) is 2.83. The predicted molar refractivity (Wildman–Crippen MR) is 79.3 cm³/mol. The predicted octanol–water partition coefficient (Wildman–Crippen LogP) is 1.76. The number of hydrogen-bond acceptors (Lipinski definition) is 6. The van der Waals surface area contributed by atoms with Crippen LogP contribution in [0.1, 0.15) is 17.6 Å². The minimum absolute atomic E-state index is 0.148. The normalized spacial score (nSPS) is 11.5. The van der Waals surface area contributed by atoms with E-state index in [1.807, 2.05) is 19.2 Å². The number of aryl methyl sites for hydroxylation is 1. The minimum atomic E-state index is -3.61. The number of rotatable bonds is 6. The highest BCUT2D eigenvalue weighted by molar-refractivity contribution is 7.89. The Balaban J connectivity index is 2.18. The smallest absolute Gasteiger partial charge is 0.244 e. The van der Waals surface area contributed by atoms with Crippen LogP contribution in [0.25, 0.3) is 0 Å². The van der Waals surface area contributed by atoms with Gasteiger partial charge >= 0.3 is 0 Å². The van der Waals surface area contributed by atoms with Gasteiger partial charge in [0.05, 0.1) is 12.2 Å². The summed E-state index contributed by atoms with van der Waals surface area (Å²) in [4.78, 5) is 8.26. The van der Waals surface area contributed by atoms with E-state index >= 15 is 0 Å². The third-order valence-corrected chi connectivity index (χ3v) is 4.92. The lowest BCUT2D eigenvalue weighted by atomic mass is 10.4. The van der Waals surface area contributed by atoms with Gasteiger partial charge in [-0.1, -0.05) is 0 Å². The largest absolute Gasteiger partial charge is 0.384 e. The first-order valence-corrected chi connectivity index (χ1v) is 8.47. The van der Waals surface area contributed by atoms with Crippen molar-refractivity contribution in [2.75, 3.05) is 11.9 Å². The van der Waals surface area contributed by atoms with Crippen molar-refractivity contribution in [2.24, 2.45) is 0 Å². The van der Waals surface area contributed by atoms with Gasteiger partial charge in [0.2, 0.25) is 10.0 Å². The summed E-state index contributed by atoms with van der Waals surface area (Å²) in [5.41, 5.74) is 1.43. The quantitative estimate of drug-likeness (QED) is 0.849. The maximum atomic E-state index is 12.3. The Bertz CT molecular complexity index is 682. The van der Waals surface area contributed by atoms with Crippen molar-refractivity contribution < 1.29 is 8.42 Å². The van der Waals surface area contributed by atoms with Gasteiger partial charge in [0.15, 0.2) is 0 Å². The molecule has 0 aliphatic heterocycles. The third kappa shape index (κ3) is 3.53. The number of nitrogens with zero attached hydrogens (tertiary/aromatic N) is 2. The molecule has 2 aromatic rings. The number of thiazole rings is 1. The Labute approximate surface area is 122 Å². The number of aromatic nitrogens is 2. The summed E-state index contributed by atoms with van der Waals surface area (Å²) < 4.78 is 27.1. The molecule has 0 aliphatic rings. The molecule has 0 amide bonds. The summed E-state index contributed by atoms with van der Waals surface area (Å²) >= 11 is 1.43. The summed E-state index contributed by atoms with van der Waals surface area (Å²) in [6.45, 7) is 4.60. The average molecular weight is 312 g/mol. The number of hydrogen-bond donors (Lipinski definition) is 2. The maximum Gasteiger partial charge on any atom is 0.244 e. The molecular formula is C12H16N4O2S2. The molecule has 0 bridgehead atoms. The van der Waals surface area contributed by atoms with Crippen LogP contribution in [0.5, 0.6) is 0 Å². The summed E-state index contributed by atoms with van der Waals surface area (Å²) in [6, 6.07) is 1.64. The summed E-state index contributed by atoms with van der Waals surface area (Å²) in [5, 5.41) is 5.64. The molecule has 2 aromatic heterocycles. The number of pyridine rings is 1. The van der Waals surface area contributed by atoms with Gasteiger partial charge < -0.3 is 5.32 Å². The SMILES string of the molecule is CCNc1ccncc1S(=O)(=O)NCc1nc(C)cs1. The van der Waals surface area contributed by atoms with Gasteiger partial charge in [-0.25, -0.2) is 18.1 Å². The van der Waals surface area contributed by atoms with Crippen LogP contribution in [0.2, 0.25) is 0 Å². The first kappa shape index (κ1) is 14.9. The molecule has 0 saturated heterocycles. The van der Waals surface area contributed by atoms with Crippen LogP contribution in [0.4, 0.5) is 5.69 Å². The maximum absolute atomic E-state index is 12.3. The molecule has 0 radical (unpaired) electrons. The number of nitrogens with one attached hydrogen (secondary N) is 2. The molecule has 6 nitrogen and oxygen atoms in total. The van der Waals surface area contributed by atoms with Crippen LogP contribution < -0.4 is 10.0 Å². The molecule has 2 heterocycles. The molecule has 0 fully saturated rings.